The van der Waals surface area contributed by atoms with Gasteiger partial charge in [-0.15, -0.1) is 0 Å². The Bertz CT molecular complexity index is 496. The van der Waals surface area contributed by atoms with Crippen LogP contribution in [0.2, 0.25) is 0 Å². The Morgan fingerprint density at radius 3 is 2.33 bits per heavy atom. The smallest absolute Gasteiger partial charge is 0.191 e. The van der Waals surface area contributed by atoms with Gasteiger partial charge >= 0.3 is 0 Å². The van der Waals surface area contributed by atoms with Crippen molar-refractivity contribution < 1.29 is 4.39 Å². The van der Waals surface area contributed by atoms with E-state index >= 15 is 0 Å². The summed E-state index contributed by atoms with van der Waals surface area (Å²) in [5.74, 6) is 0.666. The molecule has 1 aromatic carbocycles. The molecule has 0 spiro atoms. The number of hydrogen-bond donors (Lipinski definition) is 2. The van der Waals surface area contributed by atoms with Crippen molar-refractivity contribution in [3.05, 3.63) is 35.6 Å². The van der Waals surface area contributed by atoms with Crippen molar-refractivity contribution in [3.63, 3.8) is 0 Å². The standard InChI is InChI=1S/C17H26FN3/c1-5-19-15(21-16(2,3)4)20-12-17(10-11-17)13-6-8-14(18)9-7-13/h6-9H,5,10-12H2,1-4H3,(H2,19,20,21). The minimum Gasteiger partial charge on any atom is -0.357 e. The largest absolute Gasteiger partial charge is 0.357 e. The van der Waals surface area contributed by atoms with Crippen LogP contribution >= 0.6 is 0 Å². The summed E-state index contributed by atoms with van der Waals surface area (Å²) < 4.78 is 13.0. The third-order valence-electron chi connectivity index (χ3n) is 3.69. The number of guanidine groups is 1. The lowest BCUT2D eigenvalue weighted by molar-refractivity contribution is 0.500. The van der Waals surface area contributed by atoms with Gasteiger partial charge in [-0.1, -0.05) is 12.1 Å². The van der Waals surface area contributed by atoms with Crippen LogP contribution in [0.5, 0.6) is 0 Å². The van der Waals surface area contributed by atoms with E-state index in [0.717, 1.165) is 31.9 Å². The van der Waals surface area contributed by atoms with Crippen molar-refractivity contribution in [2.45, 2.75) is 51.5 Å². The molecule has 1 saturated carbocycles. The Balaban J connectivity index is 2.08. The maximum atomic E-state index is 13.0. The summed E-state index contributed by atoms with van der Waals surface area (Å²) in [6.45, 7) is 9.99. The average molecular weight is 291 g/mol. The minimum absolute atomic E-state index is 0.0202. The zero-order valence-corrected chi connectivity index (χ0v) is 13.5. The number of nitrogens with zero attached hydrogens (tertiary/aromatic N) is 1. The highest BCUT2D eigenvalue weighted by molar-refractivity contribution is 5.80. The van der Waals surface area contributed by atoms with Crippen LogP contribution in [0, 0.1) is 5.82 Å². The van der Waals surface area contributed by atoms with Gasteiger partial charge in [-0.3, -0.25) is 4.99 Å². The van der Waals surface area contributed by atoms with E-state index < -0.39 is 0 Å². The van der Waals surface area contributed by atoms with Gasteiger partial charge in [-0.2, -0.15) is 0 Å². The lowest BCUT2D eigenvalue weighted by Gasteiger charge is -2.24. The van der Waals surface area contributed by atoms with E-state index in [1.807, 2.05) is 12.1 Å². The molecule has 3 nitrogen and oxygen atoms in total. The molecule has 0 heterocycles. The highest BCUT2D eigenvalue weighted by Gasteiger charge is 2.44. The molecular weight excluding hydrogens is 265 g/mol. The van der Waals surface area contributed by atoms with E-state index in [1.54, 1.807) is 0 Å². The number of hydrogen-bond acceptors (Lipinski definition) is 1. The second-order valence-corrected chi connectivity index (χ2v) is 6.86. The molecule has 2 rings (SSSR count). The Kier molecular flexibility index (Phi) is 4.55. The first kappa shape index (κ1) is 15.8. The molecule has 21 heavy (non-hydrogen) atoms. The molecule has 4 heteroatoms. The zero-order chi connectivity index (χ0) is 15.5. The summed E-state index contributed by atoms with van der Waals surface area (Å²) in [6.07, 6.45) is 2.24. The SMILES string of the molecule is CCNC(=NCC1(c2ccc(F)cc2)CC1)NC(C)(C)C. The van der Waals surface area contributed by atoms with Crippen molar-refractivity contribution in [3.8, 4) is 0 Å². The molecule has 1 aliphatic rings. The quantitative estimate of drug-likeness (QED) is 0.660. The van der Waals surface area contributed by atoms with Gasteiger partial charge < -0.3 is 10.6 Å². The highest BCUT2D eigenvalue weighted by atomic mass is 19.1. The normalized spacial score (nSPS) is 17.5. The predicted octanol–water partition coefficient (Wildman–Crippen LogP) is 3.21. The summed E-state index contributed by atoms with van der Waals surface area (Å²) in [5, 5.41) is 6.68. The van der Waals surface area contributed by atoms with Gasteiger partial charge in [0.2, 0.25) is 0 Å². The van der Waals surface area contributed by atoms with Crippen LogP contribution < -0.4 is 10.6 Å². The Hall–Kier alpha value is -1.58. The van der Waals surface area contributed by atoms with Gasteiger partial charge in [0.25, 0.3) is 0 Å². The molecule has 0 atom stereocenters. The topological polar surface area (TPSA) is 36.4 Å². The van der Waals surface area contributed by atoms with Crippen LogP contribution in [0.3, 0.4) is 0 Å². The molecule has 0 unspecified atom stereocenters. The van der Waals surface area contributed by atoms with E-state index in [2.05, 4.69) is 38.3 Å². The molecule has 0 aromatic heterocycles. The Labute approximate surface area is 127 Å². The van der Waals surface area contributed by atoms with Crippen LogP contribution in [0.25, 0.3) is 0 Å². The fourth-order valence-corrected chi connectivity index (χ4v) is 2.39. The second kappa shape index (κ2) is 6.04. The molecule has 116 valence electrons. The lowest BCUT2D eigenvalue weighted by atomic mass is 9.96. The molecule has 2 N–H and O–H groups in total. The zero-order valence-electron chi connectivity index (χ0n) is 13.5. The van der Waals surface area contributed by atoms with Gasteiger partial charge in [0.1, 0.15) is 5.82 Å². The van der Waals surface area contributed by atoms with E-state index in [4.69, 9.17) is 4.99 Å². The number of benzene rings is 1. The second-order valence-electron chi connectivity index (χ2n) is 6.86. The number of aliphatic imine (C=N–C) groups is 1. The predicted molar refractivity (Wildman–Crippen MR) is 86.2 cm³/mol. The van der Waals surface area contributed by atoms with Gasteiger partial charge in [0.15, 0.2) is 5.96 Å². The summed E-state index contributed by atoms with van der Waals surface area (Å²) in [5.41, 5.74) is 1.28. The van der Waals surface area contributed by atoms with E-state index in [-0.39, 0.29) is 16.8 Å². The van der Waals surface area contributed by atoms with E-state index in [9.17, 15) is 4.39 Å². The van der Waals surface area contributed by atoms with Crippen LogP contribution in [-0.4, -0.2) is 24.6 Å². The molecule has 1 fully saturated rings. The first-order valence-corrected chi connectivity index (χ1v) is 7.67. The first-order valence-electron chi connectivity index (χ1n) is 7.67. The Morgan fingerprint density at radius 2 is 1.86 bits per heavy atom. The summed E-state index contributed by atoms with van der Waals surface area (Å²) in [6, 6.07) is 6.86. The number of rotatable bonds is 4. The molecule has 1 aromatic rings. The van der Waals surface area contributed by atoms with Crippen LogP contribution in [0.4, 0.5) is 4.39 Å². The maximum Gasteiger partial charge on any atom is 0.191 e. The summed E-state index contributed by atoms with van der Waals surface area (Å²) in [4.78, 5) is 4.73. The van der Waals surface area contributed by atoms with Crippen molar-refractivity contribution >= 4 is 5.96 Å². The molecule has 0 radical (unpaired) electrons. The molecular formula is C17H26FN3. The lowest BCUT2D eigenvalue weighted by Crippen LogP contribution is -2.47. The summed E-state index contributed by atoms with van der Waals surface area (Å²) >= 11 is 0. The van der Waals surface area contributed by atoms with Crippen LogP contribution in [0.1, 0.15) is 46.1 Å². The van der Waals surface area contributed by atoms with Crippen LogP contribution in [-0.2, 0) is 5.41 Å². The Morgan fingerprint density at radius 1 is 1.24 bits per heavy atom. The summed E-state index contributed by atoms with van der Waals surface area (Å²) in [7, 11) is 0. The first-order chi connectivity index (χ1) is 9.85. The molecule has 0 amide bonds. The number of halogens is 1. The molecule has 0 bridgehead atoms. The minimum atomic E-state index is -0.180. The third kappa shape index (κ3) is 4.45. The van der Waals surface area contributed by atoms with Crippen molar-refractivity contribution in [2.24, 2.45) is 4.99 Å². The molecule has 0 saturated heterocycles. The van der Waals surface area contributed by atoms with E-state index in [1.165, 1.54) is 17.7 Å². The fraction of sp³-hybridized carbons (Fsp3) is 0.588. The molecule has 0 aliphatic heterocycles. The van der Waals surface area contributed by atoms with Crippen molar-refractivity contribution in [2.75, 3.05) is 13.1 Å². The fourth-order valence-electron chi connectivity index (χ4n) is 2.39. The van der Waals surface area contributed by atoms with Gasteiger partial charge in [0.05, 0.1) is 6.54 Å². The maximum absolute atomic E-state index is 13.0. The monoisotopic (exact) mass is 291 g/mol. The van der Waals surface area contributed by atoms with Gasteiger partial charge in [0, 0.05) is 17.5 Å². The highest BCUT2D eigenvalue weighted by Crippen LogP contribution is 2.48. The van der Waals surface area contributed by atoms with Crippen LogP contribution in [0.15, 0.2) is 29.3 Å². The van der Waals surface area contributed by atoms with Gasteiger partial charge in [-0.05, 0) is 58.2 Å². The third-order valence-corrected chi connectivity index (χ3v) is 3.69. The number of nitrogens with one attached hydrogen (secondary N) is 2. The van der Waals surface area contributed by atoms with Crippen molar-refractivity contribution in [1.29, 1.82) is 0 Å². The van der Waals surface area contributed by atoms with E-state index in [0.29, 0.717) is 0 Å². The van der Waals surface area contributed by atoms with Crippen molar-refractivity contribution in [1.82, 2.24) is 10.6 Å². The molecule has 1 aliphatic carbocycles. The van der Waals surface area contributed by atoms with Gasteiger partial charge in [-0.25, -0.2) is 4.39 Å². The average Bonchev–Trinajstić information content (AvgIpc) is 3.17.